The van der Waals surface area contributed by atoms with Gasteiger partial charge in [0.1, 0.15) is 5.75 Å². The third-order valence-corrected chi connectivity index (χ3v) is 4.83. The average Bonchev–Trinajstić information content (AvgIpc) is 2.96. The molecule has 4 rings (SSSR count). The number of benzene rings is 3. The highest BCUT2D eigenvalue weighted by Crippen LogP contribution is 2.26. The number of fused-ring (bicyclic) bond motifs is 1. The third kappa shape index (κ3) is 3.54. The summed E-state index contributed by atoms with van der Waals surface area (Å²) in [5.74, 6) is 0.353. The van der Waals surface area contributed by atoms with Crippen molar-refractivity contribution in [3.8, 4) is 16.9 Å². The number of hydrogen-bond donors (Lipinski definition) is 0. The Bertz CT molecular complexity index is 992. The molecule has 3 aromatic carbocycles. The fourth-order valence-electron chi connectivity index (χ4n) is 3.48. The lowest BCUT2D eigenvalue weighted by Crippen LogP contribution is -2.31. The second-order valence-electron chi connectivity index (χ2n) is 6.91. The summed E-state index contributed by atoms with van der Waals surface area (Å²) >= 11 is 0. The molecule has 4 nitrogen and oxygen atoms in total. The Kier molecular flexibility index (Phi) is 4.94. The van der Waals surface area contributed by atoms with Gasteiger partial charge in [-0.05, 0) is 54.3 Å². The summed E-state index contributed by atoms with van der Waals surface area (Å²) in [5, 5.41) is 0. The normalized spacial score (nSPS) is 13.0. The average molecular weight is 371 g/mol. The number of nitrogens with zero attached hydrogens (tertiary/aromatic N) is 1. The van der Waals surface area contributed by atoms with Crippen LogP contribution in [0.3, 0.4) is 0 Å². The zero-order chi connectivity index (χ0) is 19.5. The quantitative estimate of drug-likeness (QED) is 0.465. The van der Waals surface area contributed by atoms with Crippen molar-refractivity contribution in [1.29, 1.82) is 0 Å². The van der Waals surface area contributed by atoms with Crippen molar-refractivity contribution >= 4 is 11.8 Å². The number of carbonyl (C=O) groups is 2. The monoisotopic (exact) mass is 371 g/mol. The highest BCUT2D eigenvalue weighted by molar-refractivity contribution is 6.21. The minimum atomic E-state index is -0.220. The molecule has 0 aliphatic carbocycles. The second kappa shape index (κ2) is 7.69. The molecule has 0 saturated heterocycles. The molecule has 4 heteroatoms. The molecule has 3 aromatic rings. The molecule has 28 heavy (non-hydrogen) atoms. The summed E-state index contributed by atoms with van der Waals surface area (Å²) < 4.78 is 5.91. The smallest absolute Gasteiger partial charge is 0.261 e. The van der Waals surface area contributed by atoms with E-state index in [9.17, 15) is 9.59 Å². The van der Waals surface area contributed by atoms with Gasteiger partial charge in [0, 0.05) is 6.54 Å². The molecule has 0 bridgehead atoms. The highest BCUT2D eigenvalue weighted by Gasteiger charge is 2.34. The number of carbonyl (C=O) groups excluding carboxylic acids is 2. The Morgan fingerprint density at radius 3 is 2.11 bits per heavy atom. The van der Waals surface area contributed by atoms with Crippen molar-refractivity contribution in [3.05, 3.63) is 89.5 Å². The van der Waals surface area contributed by atoms with Crippen molar-refractivity contribution in [2.24, 2.45) is 0 Å². The fraction of sp³-hybridized carbons (Fsp3) is 0.167. The molecule has 0 N–H and O–H groups in total. The van der Waals surface area contributed by atoms with E-state index >= 15 is 0 Å². The Morgan fingerprint density at radius 1 is 0.786 bits per heavy atom. The Balaban J connectivity index is 1.37. The van der Waals surface area contributed by atoms with E-state index in [4.69, 9.17) is 4.74 Å². The number of aryl methyl sites for hydroxylation is 1. The first-order valence-electron chi connectivity index (χ1n) is 9.38. The molecule has 2 amide bonds. The van der Waals surface area contributed by atoms with Crippen molar-refractivity contribution < 1.29 is 14.3 Å². The minimum absolute atomic E-state index is 0.220. The highest BCUT2D eigenvalue weighted by atomic mass is 16.5. The zero-order valence-electron chi connectivity index (χ0n) is 15.7. The molecule has 140 valence electrons. The van der Waals surface area contributed by atoms with Crippen LogP contribution in [0.2, 0.25) is 0 Å². The SMILES string of the molecule is Cc1cc(OCCCN2C(=O)c3ccccc3C2=O)cc(-c2ccccc2)c1. The van der Waals surface area contributed by atoms with Gasteiger partial charge in [-0.15, -0.1) is 0 Å². The molecule has 0 aromatic heterocycles. The van der Waals surface area contributed by atoms with Crippen LogP contribution in [0.4, 0.5) is 0 Å². The van der Waals surface area contributed by atoms with Gasteiger partial charge >= 0.3 is 0 Å². The van der Waals surface area contributed by atoms with Gasteiger partial charge in [0.2, 0.25) is 0 Å². The Labute approximate surface area is 164 Å². The maximum Gasteiger partial charge on any atom is 0.261 e. The lowest BCUT2D eigenvalue weighted by Gasteiger charge is -2.14. The molecular formula is C24H21NO3. The molecule has 0 spiro atoms. The minimum Gasteiger partial charge on any atom is -0.493 e. The summed E-state index contributed by atoms with van der Waals surface area (Å²) in [7, 11) is 0. The van der Waals surface area contributed by atoms with Crippen LogP contribution in [0.1, 0.15) is 32.7 Å². The van der Waals surface area contributed by atoms with E-state index < -0.39 is 0 Å². The van der Waals surface area contributed by atoms with Gasteiger partial charge in [0.05, 0.1) is 17.7 Å². The number of hydrogen-bond acceptors (Lipinski definition) is 3. The molecule has 0 fully saturated rings. The number of rotatable bonds is 6. The van der Waals surface area contributed by atoms with Gasteiger partial charge in [-0.2, -0.15) is 0 Å². The van der Waals surface area contributed by atoms with Gasteiger partial charge in [0.25, 0.3) is 11.8 Å². The van der Waals surface area contributed by atoms with Crippen LogP contribution in [0, 0.1) is 6.92 Å². The topological polar surface area (TPSA) is 46.6 Å². The molecule has 0 saturated carbocycles. The molecule has 1 aliphatic heterocycles. The standard InChI is InChI=1S/C24H21NO3/c1-17-14-19(18-8-3-2-4-9-18)16-20(15-17)28-13-7-12-25-23(26)21-10-5-6-11-22(21)24(25)27/h2-6,8-11,14-16H,7,12-13H2,1H3. The van der Waals surface area contributed by atoms with E-state index in [1.165, 1.54) is 4.90 Å². The predicted octanol–water partition coefficient (Wildman–Crippen LogP) is 4.73. The number of amides is 2. The van der Waals surface area contributed by atoms with E-state index in [1.54, 1.807) is 24.3 Å². The third-order valence-electron chi connectivity index (χ3n) is 4.83. The summed E-state index contributed by atoms with van der Waals surface area (Å²) in [4.78, 5) is 26.1. The summed E-state index contributed by atoms with van der Waals surface area (Å²) in [6, 6.07) is 23.3. The van der Waals surface area contributed by atoms with Gasteiger partial charge in [0.15, 0.2) is 0 Å². The van der Waals surface area contributed by atoms with E-state index in [0.717, 1.165) is 22.4 Å². The van der Waals surface area contributed by atoms with Crippen LogP contribution < -0.4 is 4.74 Å². The second-order valence-corrected chi connectivity index (χ2v) is 6.91. The van der Waals surface area contributed by atoms with Crippen LogP contribution in [0.15, 0.2) is 72.8 Å². The van der Waals surface area contributed by atoms with E-state index in [0.29, 0.717) is 30.7 Å². The number of imide groups is 1. The van der Waals surface area contributed by atoms with Gasteiger partial charge in [-0.3, -0.25) is 14.5 Å². The Hall–Kier alpha value is -3.40. The lowest BCUT2D eigenvalue weighted by molar-refractivity contribution is 0.0647. The van der Waals surface area contributed by atoms with Crippen LogP contribution >= 0.6 is 0 Å². The van der Waals surface area contributed by atoms with E-state index in [1.807, 2.05) is 37.3 Å². The van der Waals surface area contributed by atoms with Crippen molar-refractivity contribution in [1.82, 2.24) is 4.90 Å². The van der Waals surface area contributed by atoms with E-state index in [2.05, 4.69) is 18.2 Å². The summed E-state index contributed by atoms with van der Waals surface area (Å²) in [6.45, 7) is 2.83. The van der Waals surface area contributed by atoms with Gasteiger partial charge in [-0.1, -0.05) is 48.5 Å². The lowest BCUT2D eigenvalue weighted by atomic mass is 10.0. The molecular weight excluding hydrogens is 350 g/mol. The molecule has 0 radical (unpaired) electrons. The zero-order valence-corrected chi connectivity index (χ0v) is 15.7. The van der Waals surface area contributed by atoms with Gasteiger partial charge < -0.3 is 4.74 Å². The van der Waals surface area contributed by atoms with Crippen LogP contribution in [-0.4, -0.2) is 29.9 Å². The molecule has 1 heterocycles. The largest absolute Gasteiger partial charge is 0.493 e. The summed E-state index contributed by atoms with van der Waals surface area (Å²) in [5.41, 5.74) is 4.34. The molecule has 1 aliphatic rings. The van der Waals surface area contributed by atoms with Crippen molar-refractivity contribution in [2.45, 2.75) is 13.3 Å². The summed E-state index contributed by atoms with van der Waals surface area (Å²) in [6.07, 6.45) is 0.583. The van der Waals surface area contributed by atoms with Crippen molar-refractivity contribution in [3.63, 3.8) is 0 Å². The fourth-order valence-corrected chi connectivity index (χ4v) is 3.48. The number of ether oxygens (including phenoxy) is 1. The van der Waals surface area contributed by atoms with Crippen molar-refractivity contribution in [2.75, 3.05) is 13.2 Å². The molecule has 0 unspecified atom stereocenters. The van der Waals surface area contributed by atoms with Gasteiger partial charge in [-0.25, -0.2) is 0 Å². The van der Waals surface area contributed by atoms with Crippen LogP contribution in [0.25, 0.3) is 11.1 Å². The Morgan fingerprint density at radius 2 is 1.43 bits per heavy atom. The van der Waals surface area contributed by atoms with Crippen LogP contribution in [-0.2, 0) is 0 Å². The first-order chi connectivity index (χ1) is 13.6. The molecule has 0 atom stereocenters. The predicted molar refractivity (Wildman–Crippen MR) is 109 cm³/mol. The maximum absolute atomic E-state index is 12.4. The first-order valence-corrected chi connectivity index (χ1v) is 9.38. The van der Waals surface area contributed by atoms with E-state index in [-0.39, 0.29) is 11.8 Å². The maximum atomic E-state index is 12.4. The first kappa shape index (κ1) is 18.0. The van der Waals surface area contributed by atoms with Crippen LogP contribution in [0.5, 0.6) is 5.75 Å².